The Balaban J connectivity index is 3.20. The van der Waals surface area contributed by atoms with Gasteiger partial charge in [0, 0.05) is 19.6 Å². The first kappa shape index (κ1) is 14.6. The highest BCUT2D eigenvalue weighted by atomic mass is 16.5. The Morgan fingerprint density at radius 2 is 2.20 bits per heavy atom. The summed E-state index contributed by atoms with van der Waals surface area (Å²) in [4.78, 5) is 1.96. The molecule has 0 fully saturated rings. The Hall–Kier alpha value is -0.420. The number of nitrogens with zero attached hydrogens (tertiary/aromatic N) is 1. The fourth-order valence-electron chi connectivity index (χ4n) is 1.15. The van der Waals surface area contributed by atoms with Crippen LogP contribution in [0.2, 0.25) is 0 Å². The number of likely N-dealkylation sites (N-methyl/N-ethyl adjacent to an activating group) is 1. The van der Waals surface area contributed by atoms with Crippen molar-refractivity contribution < 1.29 is 9.84 Å². The van der Waals surface area contributed by atoms with Crippen LogP contribution in [0.15, 0.2) is 12.2 Å². The van der Waals surface area contributed by atoms with Crippen LogP contribution in [0.3, 0.4) is 0 Å². The van der Waals surface area contributed by atoms with Gasteiger partial charge in [-0.1, -0.05) is 12.2 Å². The van der Waals surface area contributed by atoms with E-state index in [2.05, 4.69) is 11.9 Å². The van der Waals surface area contributed by atoms with Gasteiger partial charge in [-0.2, -0.15) is 0 Å². The Morgan fingerprint density at radius 3 is 2.73 bits per heavy atom. The molecule has 4 nitrogen and oxygen atoms in total. The molecule has 0 aliphatic rings. The lowest BCUT2D eigenvalue weighted by atomic mass is 10.3. The Labute approximate surface area is 92.9 Å². The van der Waals surface area contributed by atoms with Crippen molar-refractivity contribution in [2.75, 3.05) is 46.9 Å². The van der Waals surface area contributed by atoms with Crippen LogP contribution in [0.5, 0.6) is 0 Å². The summed E-state index contributed by atoms with van der Waals surface area (Å²) in [5.74, 6) is 0. The molecule has 0 saturated carbocycles. The maximum Gasteiger partial charge on any atom is 0.0791 e. The SMILES string of the molecule is C=C(C)COCCNCC(O)CN(C)C. The van der Waals surface area contributed by atoms with Crippen molar-refractivity contribution in [3.05, 3.63) is 12.2 Å². The number of nitrogens with one attached hydrogen (secondary N) is 1. The first-order valence-corrected chi connectivity index (χ1v) is 5.28. The molecule has 0 aliphatic heterocycles. The number of hydrogen-bond acceptors (Lipinski definition) is 4. The molecule has 0 bridgehead atoms. The van der Waals surface area contributed by atoms with E-state index >= 15 is 0 Å². The summed E-state index contributed by atoms with van der Waals surface area (Å²) in [6.45, 7) is 9.00. The average molecular weight is 216 g/mol. The van der Waals surface area contributed by atoms with E-state index in [1.807, 2.05) is 25.9 Å². The van der Waals surface area contributed by atoms with Crippen molar-refractivity contribution in [2.45, 2.75) is 13.0 Å². The molecule has 0 radical (unpaired) electrons. The molecule has 0 aromatic carbocycles. The van der Waals surface area contributed by atoms with Crippen LogP contribution in [0.1, 0.15) is 6.92 Å². The molecular weight excluding hydrogens is 192 g/mol. The fourth-order valence-corrected chi connectivity index (χ4v) is 1.15. The molecule has 15 heavy (non-hydrogen) atoms. The van der Waals surface area contributed by atoms with Gasteiger partial charge in [0.2, 0.25) is 0 Å². The van der Waals surface area contributed by atoms with E-state index in [0.717, 1.165) is 12.1 Å². The minimum Gasteiger partial charge on any atom is -0.390 e. The molecule has 1 atom stereocenters. The predicted octanol–water partition coefficient (Wildman–Crippen LogP) is 0.0912. The maximum absolute atomic E-state index is 9.51. The van der Waals surface area contributed by atoms with E-state index in [1.54, 1.807) is 0 Å². The highest BCUT2D eigenvalue weighted by Crippen LogP contribution is 1.87. The van der Waals surface area contributed by atoms with E-state index in [4.69, 9.17) is 4.74 Å². The zero-order chi connectivity index (χ0) is 11.7. The Bertz CT molecular complexity index is 172. The fraction of sp³-hybridized carbons (Fsp3) is 0.818. The second-order valence-corrected chi connectivity index (χ2v) is 4.13. The van der Waals surface area contributed by atoms with Crippen molar-refractivity contribution >= 4 is 0 Å². The van der Waals surface area contributed by atoms with E-state index in [1.165, 1.54) is 0 Å². The molecule has 0 aromatic heterocycles. The van der Waals surface area contributed by atoms with Crippen molar-refractivity contribution in [3.63, 3.8) is 0 Å². The van der Waals surface area contributed by atoms with E-state index < -0.39 is 0 Å². The van der Waals surface area contributed by atoms with Gasteiger partial charge < -0.3 is 20.1 Å². The first-order chi connectivity index (χ1) is 7.02. The minimum absolute atomic E-state index is 0.318. The molecule has 2 N–H and O–H groups in total. The van der Waals surface area contributed by atoms with Crippen LogP contribution in [-0.2, 0) is 4.74 Å². The van der Waals surface area contributed by atoms with Crippen LogP contribution in [0.25, 0.3) is 0 Å². The smallest absolute Gasteiger partial charge is 0.0791 e. The van der Waals surface area contributed by atoms with Crippen LogP contribution >= 0.6 is 0 Å². The van der Waals surface area contributed by atoms with Crippen LogP contribution in [0.4, 0.5) is 0 Å². The summed E-state index contributed by atoms with van der Waals surface area (Å²) in [6.07, 6.45) is -0.318. The highest BCUT2D eigenvalue weighted by molar-refractivity contribution is 4.87. The Kier molecular flexibility index (Phi) is 8.61. The van der Waals surface area contributed by atoms with Gasteiger partial charge in [0.15, 0.2) is 0 Å². The topological polar surface area (TPSA) is 44.7 Å². The lowest BCUT2D eigenvalue weighted by Crippen LogP contribution is -2.36. The van der Waals surface area contributed by atoms with Gasteiger partial charge in [-0.25, -0.2) is 0 Å². The molecule has 0 amide bonds. The molecule has 0 aliphatic carbocycles. The second-order valence-electron chi connectivity index (χ2n) is 4.13. The molecule has 0 heterocycles. The van der Waals surface area contributed by atoms with Crippen molar-refractivity contribution in [3.8, 4) is 0 Å². The lowest BCUT2D eigenvalue weighted by molar-refractivity contribution is 0.124. The number of rotatable bonds is 9. The van der Waals surface area contributed by atoms with Gasteiger partial charge in [-0.05, 0) is 21.0 Å². The second kappa shape index (κ2) is 8.85. The molecule has 0 aromatic rings. The number of aliphatic hydroxyl groups is 1. The summed E-state index contributed by atoms with van der Waals surface area (Å²) >= 11 is 0. The molecule has 1 unspecified atom stereocenters. The van der Waals surface area contributed by atoms with E-state index in [-0.39, 0.29) is 6.10 Å². The summed E-state index contributed by atoms with van der Waals surface area (Å²) in [5.41, 5.74) is 1.03. The molecule has 0 saturated heterocycles. The molecule has 4 heteroatoms. The zero-order valence-electron chi connectivity index (χ0n) is 10.1. The van der Waals surface area contributed by atoms with Gasteiger partial charge in [-0.15, -0.1) is 0 Å². The van der Waals surface area contributed by atoms with Crippen molar-refractivity contribution in [1.29, 1.82) is 0 Å². The largest absolute Gasteiger partial charge is 0.390 e. The monoisotopic (exact) mass is 216 g/mol. The standard InChI is InChI=1S/C11H24N2O2/c1-10(2)9-15-6-5-12-7-11(14)8-13(3)4/h11-12,14H,1,5-9H2,2-4H3. The van der Waals surface area contributed by atoms with Gasteiger partial charge in [-0.3, -0.25) is 0 Å². The normalized spacial score (nSPS) is 13.1. The highest BCUT2D eigenvalue weighted by Gasteiger charge is 2.03. The van der Waals surface area contributed by atoms with Crippen LogP contribution < -0.4 is 5.32 Å². The maximum atomic E-state index is 9.51. The minimum atomic E-state index is -0.318. The van der Waals surface area contributed by atoms with Crippen LogP contribution in [-0.4, -0.2) is 63.1 Å². The van der Waals surface area contributed by atoms with Crippen molar-refractivity contribution in [1.82, 2.24) is 10.2 Å². The van der Waals surface area contributed by atoms with Gasteiger partial charge in [0.1, 0.15) is 0 Å². The molecule has 0 spiro atoms. The number of hydrogen-bond donors (Lipinski definition) is 2. The van der Waals surface area contributed by atoms with E-state index in [0.29, 0.717) is 26.3 Å². The summed E-state index contributed by atoms with van der Waals surface area (Å²) in [6, 6.07) is 0. The third-order valence-electron chi connectivity index (χ3n) is 1.73. The third-order valence-corrected chi connectivity index (χ3v) is 1.73. The predicted molar refractivity (Wildman–Crippen MR) is 63.1 cm³/mol. The molecule has 0 rings (SSSR count). The summed E-state index contributed by atoms with van der Waals surface area (Å²) in [7, 11) is 3.89. The number of ether oxygens (including phenoxy) is 1. The van der Waals surface area contributed by atoms with Crippen molar-refractivity contribution in [2.24, 2.45) is 0 Å². The average Bonchev–Trinajstić information content (AvgIpc) is 2.09. The van der Waals surface area contributed by atoms with Crippen LogP contribution in [0, 0.1) is 0 Å². The first-order valence-electron chi connectivity index (χ1n) is 5.28. The number of aliphatic hydroxyl groups excluding tert-OH is 1. The molecular formula is C11H24N2O2. The van der Waals surface area contributed by atoms with Gasteiger partial charge in [0.05, 0.1) is 19.3 Å². The zero-order valence-corrected chi connectivity index (χ0v) is 10.1. The molecule has 90 valence electrons. The van der Waals surface area contributed by atoms with Gasteiger partial charge >= 0.3 is 0 Å². The summed E-state index contributed by atoms with van der Waals surface area (Å²) in [5, 5.41) is 12.6. The quantitative estimate of drug-likeness (QED) is 0.423. The summed E-state index contributed by atoms with van der Waals surface area (Å²) < 4.78 is 5.30. The Morgan fingerprint density at radius 1 is 1.53 bits per heavy atom. The van der Waals surface area contributed by atoms with Gasteiger partial charge in [0.25, 0.3) is 0 Å². The van der Waals surface area contributed by atoms with E-state index in [9.17, 15) is 5.11 Å². The third kappa shape index (κ3) is 11.5. The lowest BCUT2D eigenvalue weighted by Gasteiger charge is -2.16.